The number of aromatic nitrogens is 1. The number of carbonyl (C=O) groups is 1. The van der Waals surface area contributed by atoms with Crippen LogP contribution < -0.4 is 5.32 Å². The van der Waals surface area contributed by atoms with E-state index in [0.717, 1.165) is 66.5 Å². The number of hydrogen-bond acceptors (Lipinski definition) is 6. The Morgan fingerprint density at radius 1 is 1.24 bits per heavy atom. The van der Waals surface area contributed by atoms with E-state index in [-0.39, 0.29) is 17.7 Å². The summed E-state index contributed by atoms with van der Waals surface area (Å²) in [6, 6.07) is 6.55. The molecule has 2 heterocycles. The van der Waals surface area contributed by atoms with Gasteiger partial charge in [-0.3, -0.25) is 4.79 Å². The first-order valence-corrected chi connectivity index (χ1v) is 12.7. The lowest BCUT2D eigenvalue weighted by molar-refractivity contribution is 0.0876. The molecule has 0 radical (unpaired) electrons. The summed E-state index contributed by atoms with van der Waals surface area (Å²) in [6.45, 7) is 2.05. The van der Waals surface area contributed by atoms with Crippen LogP contribution in [-0.2, 0) is 9.47 Å². The van der Waals surface area contributed by atoms with E-state index in [4.69, 9.17) is 9.47 Å². The van der Waals surface area contributed by atoms with Crippen LogP contribution in [0.4, 0.5) is 0 Å². The standard InChI is InChI=1S/C27H30N2O3S/c1-18-6-5-9-24-25(18)29-27(33-24)26(30)20-10-12-21(13-11-20)28-22(23-17-31-14-15-32-23)16-19-7-3-2-4-8-19/h2-3,5-7,9,14-15,17,20-22,28H,4,8,10-13,16H2,1H3. The topological polar surface area (TPSA) is 60.5 Å². The molecule has 0 amide bonds. The molecule has 1 saturated carbocycles. The number of allylic oxidation sites excluding steroid dienone is 3. The Morgan fingerprint density at radius 2 is 2.12 bits per heavy atom. The Morgan fingerprint density at radius 3 is 2.85 bits per heavy atom. The molecule has 3 aliphatic rings. The largest absolute Gasteiger partial charge is 0.466 e. The van der Waals surface area contributed by atoms with Gasteiger partial charge in [-0.2, -0.15) is 0 Å². The highest BCUT2D eigenvalue weighted by Gasteiger charge is 2.31. The third-order valence-electron chi connectivity index (χ3n) is 6.80. The van der Waals surface area contributed by atoms with Crippen LogP contribution in [0.3, 0.4) is 0 Å². The first-order valence-electron chi connectivity index (χ1n) is 11.9. The first-order chi connectivity index (χ1) is 16.2. The van der Waals surface area contributed by atoms with E-state index >= 15 is 0 Å². The zero-order valence-corrected chi connectivity index (χ0v) is 19.8. The lowest BCUT2D eigenvalue weighted by Crippen LogP contribution is -2.43. The number of thiazole rings is 1. The summed E-state index contributed by atoms with van der Waals surface area (Å²) < 4.78 is 12.2. The summed E-state index contributed by atoms with van der Waals surface area (Å²) in [5.74, 6) is 1.09. The van der Waals surface area contributed by atoms with E-state index < -0.39 is 0 Å². The highest BCUT2D eigenvalue weighted by atomic mass is 32.1. The van der Waals surface area contributed by atoms with Gasteiger partial charge in [0.25, 0.3) is 0 Å². The van der Waals surface area contributed by atoms with Gasteiger partial charge in [0, 0.05) is 12.0 Å². The number of nitrogens with one attached hydrogen (secondary N) is 1. The third-order valence-corrected chi connectivity index (χ3v) is 7.83. The second-order valence-corrected chi connectivity index (χ2v) is 10.1. The minimum atomic E-state index is 0.0602. The van der Waals surface area contributed by atoms with Gasteiger partial charge >= 0.3 is 0 Å². The third kappa shape index (κ3) is 5.12. The molecule has 0 spiro atoms. The molecule has 6 heteroatoms. The highest BCUT2D eigenvalue weighted by Crippen LogP contribution is 2.32. The Labute approximate surface area is 198 Å². The molecule has 1 atom stereocenters. The number of Topliss-reactive ketones (excluding diaryl/α,β-unsaturated/α-hetero) is 1. The van der Waals surface area contributed by atoms with Gasteiger partial charge in [0.2, 0.25) is 0 Å². The van der Waals surface area contributed by atoms with Crippen molar-refractivity contribution in [1.29, 1.82) is 0 Å². The molecule has 1 aromatic heterocycles. The van der Waals surface area contributed by atoms with Crippen molar-refractivity contribution < 1.29 is 14.3 Å². The summed E-state index contributed by atoms with van der Waals surface area (Å²) in [7, 11) is 0. The van der Waals surface area contributed by atoms with Crippen LogP contribution in [0.15, 0.2) is 66.5 Å². The number of carbonyl (C=O) groups excluding carboxylic acids is 1. The predicted molar refractivity (Wildman–Crippen MR) is 132 cm³/mol. The number of nitrogens with zero attached hydrogens (tertiary/aromatic N) is 1. The Kier molecular flexibility index (Phi) is 6.74. The van der Waals surface area contributed by atoms with Crippen molar-refractivity contribution in [2.24, 2.45) is 5.92 Å². The van der Waals surface area contributed by atoms with Crippen LogP contribution in [0, 0.1) is 12.8 Å². The molecule has 2 aliphatic carbocycles. The summed E-state index contributed by atoms with van der Waals surface area (Å²) in [4.78, 5) is 17.9. The van der Waals surface area contributed by atoms with Crippen molar-refractivity contribution in [2.75, 3.05) is 0 Å². The Bertz CT molecular complexity index is 1140. The number of ether oxygens (including phenoxy) is 2. The Balaban J connectivity index is 1.22. The van der Waals surface area contributed by atoms with E-state index in [1.165, 1.54) is 16.9 Å². The summed E-state index contributed by atoms with van der Waals surface area (Å²) >= 11 is 1.53. The van der Waals surface area contributed by atoms with Gasteiger partial charge in [0.1, 0.15) is 18.8 Å². The van der Waals surface area contributed by atoms with Crippen LogP contribution in [-0.4, -0.2) is 22.9 Å². The second kappa shape index (κ2) is 10.1. The van der Waals surface area contributed by atoms with Crippen LogP contribution >= 0.6 is 11.3 Å². The SMILES string of the molecule is Cc1cccc2sc(C(=O)C3CCC(NC(CC4=CC=CCC4)C4=COC=CO4)CC3)nc12. The fourth-order valence-corrected chi connectivity index (χ4v) is 6.00. The zero-order chi connectivity index (χ0) is 22.6. The minimum absolute atomic E-state index is 0.0602. The fourth-order valence-electron chi connectivity index (χ4n) is 4.94. The van der Waals surface area contributed by atoms with Crippen LogP contribution in [0.5, 0.6) is 0 Å². The lowest BCUT2D eigenvalue weighted by Gasteiger charge is -2.32. The van der Waals surface area contributed by atoms with E-state index in [9.17, 15) is 4.79 Å². The van der Waals surface area contributed by atoms with E-state index in [1.54, 1.807) is 18.8 Å². The van der Waals surface area contributed by atoms with Crippen LogP contribution in [0.2, 0.25) is 0 Å². The van der Waals surface area contributed by atoms with Gasteiger partial charge in [-0.25, -0.2) is 4.98 Å². The van der Waals surface area contributed by atoms with Gasteiger partial charge in [0.05, 0.1) is 16.3 Å². The maximum atomic E-state index is 13.2. The minimum Gasteiger partial charge on any atom is -0.466 e. The molecule has 172 valence electrons. The number of aryl methyl sites for hydroxylation is 1. The quantitative estimate of drug-likeness (QED) is 0.487. The number of benzene rings is 1. The molecule has 1 N–H and O–H groups in total. The summed E-state index contributed by atoms with van der Waals surface area (Å²) in [5, 5.41) is 4.47. The van der Waals surface area contributed by atoms with E-state index in [2.05, 4.69) is 47.6 Å². The first kappa shape index (κ1) is 22.1. The molecule has 1 aliphatic heterocycles. The fraction of sp³-hybridized carbons (Fsp3) is 0.407. The monoisotopic (exact) mass is 462 g/mol. The van der Waals surface area contributed by atoms with Crippen molar-refractivity contribution >= 4 is 27.3 Å². The molecular weight excluding hydrogens is 432 g/mol. The van der Waals surface area contributed by atoms with Gasteiger partial charge in [-0.1, -0.05) is 35.9 Å². The molecule has 1 fully saturated rings. The lowest BCUT2D eigenvalue weighted by atomic mass is 9.83. The molecule has 33 heavy (non-hydrogen) atoms. The molecule has 1 unspecified atom stereocenters. The van der Waals surface area contributed by atoms with Crippen LogP contribution in [0.1, 0.15) is 60.3 Å². The second-order valence-electron chi connectivity index (χ2n) is 9.11. The van der Waals surface area contributed by atoms with Crippen molar-refractivity contribution in [2.45, 2.75) is 64.0 Å². The van der Waals surface area contributed by atoms with Crippen molar-refractivity contribution in [3.05, 3.63) is 77.1 Å². The smallest absolute Gasteiger partial charge is 0.194 e. The zero-order valence-electron chi connectivity index (χ0n) is 19.0. The number of hydrogen-bond donors (Lipinski definition) is 1. The van der Waals surface area contributed by atoms with E-state index in [0.29, 0.717) is 11.0 Å². The molecule has 2 aromatic rings. The number of ketones is 1. The van der Waals surface area contributed by atoms with Gasteiger partial charge in [-0.05, 0) is 63.5 Å². The van der Waals surface area contributed by atoms with Crippen molar-refractivity contribution in [3.8, 4) is 0 Å². The molecule has 1 aromatic carbocycles. The van der Waals surface area contributed by atoms with Gasteiger partial charge in [0.15, 0.2) is 16.6 Å². The van der Waals surface area contributed by atoms with E-state index in [1.807, 2.05) is 6.07 Å². The summed E-state index contributed by atoms with van der Waals surface area (Å²) in [6.07, 6.45) is 18.2. The van der Waals surface area contributed by atoms with Gasteiger partial charge < -0.3 is 14.8 Å². The Hall–Kier alpha value is -2.70. The molecule has 0 bridgehead atoms. The van der Waals surface area contributed by atoms with Crippen molar-refractivity contribution in [1.82, 2.24) is 10.3 Å². The normalized spacial score (nSPS) is 23.4. The van der Waals surface area contributed by atoms with Crippen LogP contribution in [0.25, 0.3) is 10.2 Å². The summed E-state index contributed by atoms with van der Waals surface area (Å²) in [5.41, 5.74) is 3.51. The molecule has 5 nitrogen and oxygen atoms in total. The molecule has 0 saturated heterocycles. The average Bonchev–Trinajstić information content (AvgIpc) is 3.31. The molecular formula is C27H30N2O3S. The maximum absolute atomic E-state index is 13.2. The maximum Gasteiger partial charge on any atom is 0.194 e. The number of para-hydroxylation sites is 1. The average molecular weight is 463 g/mol. The number of rotatable bonds is 7. The molecule has 5 rings (SSSR count). The van der Waals surface area contributed by atoms with Gasteiger partial charge in [-0.15, -0.1) is 11.3 Å². The van der Waals surface area contributed by atoms with Crippen molar-refractivity contribution in [3.63, 3.8) is 0 Å². The number of fused-ring (bicyclic) bond motifs is 1. The highest BCUT2D eigenvalue weighted by molar-refractivity contribution is 7.20. The predicted octanol–water partition coefficient (Wildman–Crippen LogP) is 6.33.